The standard InChI is InChI=1S/C70H132O6/c1-4-7-10-13-16-19-22-25-28-29-30-31-32-33-34-35-36-37-38-39-40-43-45-48-51-54-57-60-63-69(72)75-66-67(76-70(73)64-61-58-55-52-49-46-42-27-24-21-18-15-12-9-6-3)65-74-68(71)62-59-56-53-50-47-44-41-26-23-20-17-14-11-8-5-2/h26-27,41-42,67H,4-25,28-40,43-66H2,1-3H3/b41-26-,42-27-. The second-order valence-electron chi connectivity index (χ2n) is 23.4. The van der Waals surface area contributed by atoms with E-state index in [1.54, 1.807) is 0 Å². The van der Waals surface area contributed by atoms with Crippen LogP contribution in [0.2, 0.25) is 0 Å². The van der Waals surface area contributed by atoms with Crippen molar-refractivity contribution in [1.82, 2.24) is 0 Å². The lowest BCUT2D eigenvalue weighted by molar-refractivity contribution is -0.167. The van der Waals surface area contributed by atoms with Gasteiger partial charge in [0.05, 0.1) is 0 Å². The molecule has 0 saturated carbocycles. The van der Waals surface area contributed by atoms with Gasteiger partial charge < -0.3 is 14.2 Å². The third-order valence-corrected chi connectivity index (χ3v) is 15.7. The minimum absolute atomic E-state index is 0.0723. The van der Waals surface area contributed by atoms with Crippen molar-refractivity contribution < 1.29 is 28.6 Å². The Morgan fingerprint density at radius 3 is 0.658 bits per heavy atom. The Morgan fingerprint density at radius 1 is 0.250 bits per heavy atom. The number of hydrogen-bond donors (Lipinski definition) is 0. The van der Waals surface area contributed by atoms with E-state index in [9.17, 15) is 14.4 Å². The van der Waals surface area contributed by atoms with Crippen LogP contribution >= 0.6 is 0 Å². The lowest BCUT2D eigenvalue weighted by atomic mass is 10.0. The Balaban J connectivity index is 4.18. The van der Waals surface area contributed by atoms with Crippen molar-refractivity contribution in [3.05, 3.63) is 24.3 Å². The SMILES string of the molecule is CCCCCCCC/C=C\CCCCCCCC(=O)OCC(COC(=O)CCCCCCCCCCCCCCCCCCCCCCCCCCCCCC)OC(=O)CCCCCCC/C=C\CCCCCCCC. The Morgan fingerprint density at radius 2 is 0.434 bits per heavy atom. The van der Waals surface area contributed by atoms with E-state index in [-0.39, 0.29) is 31.1 Å². The summed E-state index contributed by atoms with van der Waals surface area (Å²) in [6.45, 7) is 6.69. The molecule has 0 aromatic rings. The molecule has 76 heavy (non-hydrogen) atoms. The summed E-state index contributed by atoms with van der Waals surface area (Å²) in [5.74, 6) is -0.862. The number of carbonyl (C=O) groups excluding carboxylic acids is 3. The van der Waals surface area contributed by atoms with Gasteiger partial charge in [-0.25, -0.2) is 0 Å². The molecule has 0 spiro atoms. The molecule has 6 nitrogen and oxygen atoms in total. The van der Waals surface area contributed by atoms with Crippen LogP contribution in [0.4, 0.5) is 0 Å². The van der Waals surface area contributed by atoms with Gasteiger partial charge in [0.25, 0.3) is 0 Å². The molecule has 0 rings (SSSR count). The van der Waals surface area contributed by atoms with Crippen LogP contribution < -0.4 is 0 Å². The van der Waals surface area contributed by atoms with E-state index in [0.29, 0.717) is 19.3 Å². The van der Waals surface area contributed by atoms with Gasteiger partial charge >= 0.3 is 17.9 Å². The lowest BCUT2D eigenvalue weighted by Crippen LogP contribution is -2.30. The Bertz CT molecular complexity index is 1230. The Hall–Kier alpha value is -2.11. The summed E-state index contributed by atoms with van der Waals surface area (Å²) in [5, 5.41) is 0. The third kappa shape index (κ3) is 62.7. The number of carbonyl (C=O) groups is 3. The Labute approximate surface area is 474 Å². The number of hydrogen-bond acceptors (Lipinski definition) is 6. The fourth-order valence-electron chi connectivity index (χ4n) is 10.5. The highest BCUT2D eigenvalue weighted by Crippen LogP contribution is 2.18. The van der Waals surface area contributed by atoms with Gasteiger partial charge in [-0.1, -0.05) is 321 Å². The predicted molar refractivity (Wildman–Crippen MR) is 330 cm³/mol. The highest BCUT2D eigenvalue weighted by molar-refractivity contribution is 5.71. The van der Waals surface area contributed by atoms with Crippen LogP contribution in [0.15, 0.2) is 24.3 Å². The van der Waals surface area contributed by atoms with E-state index in [1.165, 1.54) is 276 Å². The molecule has 0 aliphatic heterocycles. The van der Waals surface area contributed by atoms with E-state index >= 15 is 0 Å². The molecular formula is C70H132O6. The van der Waals surface area contributed by atoms with Crippen molar-refractivity contribution in [2.24, 2.45) is 0 Å². The molecule has 0 radical (unpaired) electrons. The number of unbranched alkanes of at least 4 members (excludes halogenated alkanes) is 49. The van der Waals surface area contributed by atoms with Crippen LogP contribution in [0, 0.1) is 0 Å². The molecular weight excluding hydrogens is 937 g/mol. The first-order chi connectivity index (χ1) is 37.5. The number of rotatable bonds is 64. The quantitative estimate of drug-likeness (QED) is 0.0261. The zero-order valence-corrected chi connectivity index (χ0v) is 51.6. The van der Waals surface area contributed by atoms with Crippen LogP contribution in [0.5, 0.6) is 0 Å². The van der Waals surface area contributed by atoms with Crippen LogP contribution in [0.3, 0.4) is 0 Å². The fourth-order valence-corrected chi connectivity index (χ4v) is 10.5. The van der Waals surface area contributed by atoms with Gasteiger partial charge in [-0.2, -0.15) is 0 Å². The second kappa shape index (κ2) is 65.4. The van der Waals surface area contributed by atoms with Crippen molar-refractivity contribution >= 4 is 17.9 Å². The number of ether oxygens (including phenoxy) is 3. The van der Waals surface area contributed by atoms with Crippen molar-refractivity contribution in [1.29, 1.82) is 0 Å². The summed E-state index contributed by atoms with van der Waals surface area (Å²) in [6, 6.07) is 0. The average molecular weight is 1070 g/mol. The van der Waals surface area contributed by atoms with Gasteiger partial charge in [-0.05, 0) is 70.6 Å². The summed E-state index contributed by atoms with van der Waals surface area (Å²) in [6.07, 6.45) is 79.2. The maximum atomic E-state index is 12.9. The Kier molecular flexibility index (Phi) is 63.6. The van der Waals surface area contributed by atoms with Gasteiger partial charge in [0.15, 0.2) is 6.10 Å². The van der Waals surface area contributed by atoms with Crippen LogP contribution in [-0.2, 0) is 28.6 Å². The first-order valence-corrected chi connectivity index (χ1v) is 34.3. The molecule has 1 unspecified atom stereocenters. The molecule has 6 heteroatoms. The fraction of sp³-hybridized carbons (Fsp3) is 0.900. The maximum absolute atomic E-state index is 12.9. The summed E-state index contributed by atoms with van der Waals surface area (Å²) in [4.78, 5) is 38.3. The minimum atomic E-state index is -0.777. The van der Waals surface area contributed by atoms with Gasteiger partial charge in [0.2, 0.25) is 0 Å². The largest absolute Gasteiger partial charge is 0.462 e. The monoisotopic (exact) mass is 1070 g/mol. The lowest BCUT2D eigenvalue weighted by Gasteiger charge is -2.18. The van der Waals surface area contributed by atoms with Crippen LogP contribution in [0.1, 0.15) is 387 Å². The molecule has 0 amide bonds. The van der Waals surface area contributed by atoms with E-state index < -0.39 is 6.10 Å². The van der Waals surface area contributed by atoms with Gasteiger partial charge in [-0.3, -0.25) is 14.4 Å². The molecule has 448 valence electrons. The van der Waals surface area contributed by atoms with Crippen LogP contribution in [0.25, 0.3) is 0 Å². The van der Waals surface area contributed by atoms with Crippen molar-refractivity contribution in [2.45, 2.75) is 393 Å². The number of esters is 3. The molecule has 0 aromatic heterocycles. The van der Waals surface area contributed by atoms with Crippen LogP contribution in [-0.4, -0.2) is 37.2 Å². The zero-order valence-electron chi connectivity index (χ0n) is 51.6. The average Bonchev–Trinajstić information content (AvgIpc) is 3.42. The van der Waals surface area contributed by atoms with E-state index in [2.05, 4.69) is 45.1 Å². The normalized spacial score (nSPS) is 12.1. The van der Waals surface area contributed by atoms with Crippen molar-refractivity contribution in [3.63, 3.8) is 0 Å². The maximum Gasteiger partial charge on any atom is 0.306 e. The molecule has 0 bridgehead atoms. The van der Waals surface area contributed by atoms with E-state index in [1.807, 2.05) is 0 Å². The minimum Gasteiger partial charge on any atom is -0.462 e. The van der Waals surface area contributed by atoms with Crippen molar-refractivity contribution in [3.8, 4) is 0 Å². The van der Waals surface area contributed by atoms with Gasteiger partial charge in [0.1, 0.15) is 13.2 Å². The third-order valence-electron chi connectivity index (χ3n) is 15.7. The number of allylic oxidation sites excluding steroid dienone is 4. The molecule has 1 atom stereocenters. The molecule has 0 aliphatic carbocycles. The highest BCUT2D eigenvalue weighted by atomic mass is 16.6. The summed E-state index contributed by atoms with van der Waals surface area (Å²) >= 11 is 0. The molecule has 0 fully saturated rings. The van der Waals surface area contributed by atoms with Crippen molar-refractivity contribution in [2.75, 3.05) is 13.2 Å². The predicted octanol–water partition coefficient (Wildman–Crippen LogP) is 23.4. The highest BCUT2D eigenvalue weighted by Gasteiger charge is 2.19. The molecule has 0 aliphatic rings. The topological polar surface area (TPSA) is 78.9 Å². The zero-order chi connectivity index (χ0) is 55.0. The first kappa shape index (κ1) is 73.9. The summed E-state index contributed by atoms with van der Waals surface area (Å²) in [7, 11) is 0. The molecule has 0 N–H and O–H groups in total. The first-order valence-electron chi connectivity index (χ1n) is 34.3. The van der Waals surface area contributed by atoms with Gasteiger partial charge in [0, 0.05) is 19.3 Å². The molecule has 0 saturated heterocycles. The van der Waals surface area contributed by atoms with Gasteiger partial charge in [-0.15, -0.1) is 0 Å². The molecule has 0 heterocycles. The smallest absolute Gasteiger partial charge is 0.306 e. The molecule has 0 aromatic carbocycles. The summed E-state index contributed by atoms with van der Waals surface area (Å²) in [5.41, 5.74) is 0. The summed E-state index contributed by atoms with van der Waals surface area (Å²) < 4.78 is 16.9. The van der Waals surface area contributed by atoms with E-state index in [4.69, 9.17) is 14.2 Å². The van der Waals surface area contributed by atoms with E-state index in [0.717, 1.165) is 70.6 Å². The second-order valence-corrected chi connectivity index (χ2v) is 23.4.